The Bertz CT molecular complexity index is 1260. The third-order valence-electron chi connectivity index (χ3n) is 6.99. The minimum atomic E-state index is -0.914. The van der Waals surface area contributed by atoms with Gasteiger partial charge in [0, 0.05) is 35.8 Å². The molecule has 0 radical (unpaired) electrons. The molecule has 0 bridgehead atoms. The lowest BCUT2D eigenvalue weighted by molar-refractivity contribution is -0.127. The molecule has 8 nitrogen and oxygen atoms in total. The Morgan fingerprint density at radius 3 is 2.35 bits per heavy atom. The number of hydrogen-bond donors (Lipinski definition) is 2. The van der Waals surface area contributed by atoms with E-state index in [2.05, 4.69) is 15.6 Å². The van der Waals surface area contributed by atoms with Crippen LogP contribution in [0.15, 0.2) is 72.9 Å². The van der Waals surface area contributed by atoms with Gasteiger partial charge in [0.2, 0.25) is 17.7 Å². The number of benzene rings is 2. The van der Waals surface area contributed by atoms with Crippen molar-refractivity contribution in [3.63, 3.8) is 0 Å². The number of methoxy groups -OCH3 is 1. The van der Waals surface area contributed by atoms with Crippen LogP contribution >= 0.6 is 11.6 Å². The summed E-state index contributed by atoms with van der Waals surface area (Å²) in [6.45, 7) is 0. The molecular formula is C31H35ClN4O4. The van der Waals surface area contributed by atoms with Crippen LogP contribution in [0.3, 0.4) is 0 Å². The molecule has 1 heterocycles. The molecule has 210 valence electrons. The fraction of sp³-hybridized carbons (Fsp3) is 0.355. The summed E-state index contributed by atoms with van der Waals surface area (Å²) in [5.74, 6) is 0.352. The van der Waals surface area contributed by atoms with E-state index in [9.17, 15) is 14.4 Å². The second-order valence-corrected chi connectivity index (χ2v) is 10.3. The Kier molecular flexibility index (Phi) is 10.5. The number of amides is 3. The second kappa shape index (κ2) is 14.5. The predicted octanol–water partition coefficient (Wildman–Crippen LogP) is 6.08. The number of nitrogens with zero attached hydrogens (tertiary/aromatic N) is 2. The summed E-state index contributed by atoms with van der Waals surface area (Å²) < 4.78 is 5.31. The summed E-state index contributed by atoms with van der Waals surface area (Å²) in [6.07, 6.45) is 7.25. The van der Waals surface area contributed by atoms with Crippen molar-refractivity contribution in [2.45, 2.75) is 63.5 Å². The molecule has 1 saturated carbocycles. The summed E-state index contributed by atoms with van der Waals surface area (Å²) >= 11 is 6.16. The molecule has 9 heteroatoms. The first-order chi connectivity index (χ1) is 19.4. The van der Waals surface area contributed by atoms with Gasteiger partial charge >= 0.3 is 0 Å². The average Bonchev–Trinajstić information content (AvgIpc) is 2.97. The molecule has 2 N–H and O–H groups in total. The van der Waals surface area contributed by atoms with E-state index < -0.39 is 6.04 Å². The average molecular weight is 563 g/mol. The van der Waals surface area contributed by atoms with Gasteiger partial charge in [-0.3, -0.25) is 19.3 Å². The maximum absolute atomic E-state index is 13.9. The van der Waals surface area contributed by atoms with Gasteiger partial charge in [-0.15, -0.1) is 0 Å². The first-order valence-corrected chi connectivity index (χ1v) is 14.0. The van der Waals surface area contributed by atoms with E-state index in [-0.39, 0.29) is 36.6 Å². The van der Waals surface area contributed by atoms with Crippen LogP contribution in [0.2, 0.25) is 5.02 Å². The number of halogens is 1. The molecule has 0 saturated heterocycles. The Labute approximate surface area is 240 Å². The Morgan fingerprint density at radius 1 is 0.975 bits per heavy atom. The van der Waals surface area contributed by atoms with Gasteiger partial charge in [-0.05, 0) is 73.4 Å². The standard InChI is InChI=1S/C31H35ClN4O4/c1-40-26-19-17-25(18-20-26)36(29(38)12-7-11-28(37)35-27-10-5-6-21-33-27)30(22-13-15-23(32)16-14-22)31(39)34-24-8-3-2-4-9-24/h5-6,10,13-21,24,30H,2-4,7-9,11-12H2,1H3,(H,34,39)(H,33,35,37). The lowest BCUT2D eigenvalue weighted by Gasteiger charge is -2.33. The largest absolute Gasteiger partial charge is 0.497 e. The molecule has 1 aliphatic rings. The highest BCUT2D eigenvalue weighted by atomic mass is 35.5. The Morgan fingerprint density at radius 2 is 1.70 bits per heavy atom. The van der Waals surface area contributed by atoms with Crippen molar-refractivity contribution < 1.29 is 19.1 Å². The normalized spacial score (nSPS) is 14.2. The van der Waals surface area contributed by atoms with Gasteiger partial charge in [0.05, 0.1) is 7.11 Å². The van der Waals surface area contributed by atoms with Crippen LogP contribution in [-0.2, 0) is 14.4 Å². The fourth-order valence-electron chi connectivity index (χ4n) is 4.93. The zero-order valence-electron chi connectivity index (χ0n) is 22.6. The van der Waals surface area contributed by atoms with Crippen LogP contribution in [0.5, 0.6) is 5.75 Å². The van der Waals surface area contributed by atoms with E-state index in [1.807, 2.05) is 0 Å². The summed E-state index contributed by atoms with van der Waals surface area (Å²) in [7, 11) is 1.57. The minimum absolute atomic E-state index is 0.0687. The molecule has 40 heavy (non-hydrogen) atoms. The van der Waals surface area contributed by atoms with Crippen molar-refractivity contribution in [2.75, 3.05) is 17.3 Å². The molecule has 4 rings (SSSR count). The zero-order chi connectivity index (χ0) is 28.3. The topological polar surface area (TPSA) is 101 Å². The molecule has 3 amide bonds. The number of carbonyl (C=O) groups is 3. The molecule has 0 spiro atoms. The first-order valence-electron chi connectivity index (χ1n) is 13.7. The van der Waals surface area contributed by atoms with Crippen LogP contribution in [0.4, 0.5) is 11.5 Å². The van der Waals surface area contributed by atoms with Crippen molar-refractivity contribution >= 4 is 40.8 Å². The third kappa shape index (κ3) is 8.05. The number of nitrogens with one attached hydrogen (secondary N) is 2. The van der Waals surface area contributed by atoms with Gasteiger partial charge in [0.1, 0.15) is 17.6 Å². The Balaban J connectivity index is 1.58. The molecule has 1 unspecified atom stereocenters. The summed E-state index contributed by atoms with van der Waals surface area (Å²) in [5, 5.41) is 6.48. The summed E-state index contributed by atoms with van der Waals surface area (Å²) in [5.41, 5.74) is 1.21. The smallest absolute Gasteiger partial charge is 0.248 e. The summed E-state index contributed by atoms with van der Waals surface area (Å²) in [4.78, 5) is 45.8. The maximum atomic E-state index is 13.9. The van der Waals surface area contributed by atoms with Gasteiger partial charge in [-0.1, -0.05) is 49.1 Å². The molecule has 1 fully saturated rings. The molecular weight excluding hydrogens is 528 g/mol. The van der Waals surface area contributed by atoms with Crippen molar-refractivity contribution in [3.05, 3.63) is 83.5 Å². The summed E-state index contributed by atoms with van der Waals surface area (Å²) in [6, 6.07) is 18.4. The highest BCUT2D eigenvalue weighted by molar-refractivity contribution is 6.30. The maximum Gasteiger partial charge on any atom is 0.248 e. The van der Waals surface area contributed by atoms with Crippen molar-refractivity contribution in [1.82, 2.24) is 10.3 Å². The van der Waals surface area contributed by atoms with Crippen LogP contribution < -0.4 is 20.3 Å². The number of pyridine rings is 1. The lowest BCUT2D eigenvalue weighted by Crippen LogP contribution is -2.47. The van der Waals surface area contributed by atoms with E-state index >= 15 is 0 Å². The van der Waals surface area contributed by atoms with Gasteiger partial charge in [0.25, 0.3) is 0 Å². The van der Waals surface area contributed by atoms with Gasteiger partial charge in [-0.25, -0.2) is 4.98 Å². The number of rotatable bonds is 11. The molecule has 1 aromatic heterocycles. The van der Waals surface area contributed by atoms with E-state index in [4.69, 9.17) is 16.3 Å². The fourth-order valence-corrected chi connectivity index (χ4v) is 5.06. The van der Waals surface area contributed by atoms with Gasteiger partial charge < -0.3 is 15.4 Å². The van der Waals surface area contributed by atoms with Crippen molar-refractivity contribution in [2.24, 2.45) is 0 Å². The molecule has 1 aliphatic carbocycles. The highest BCUT2D eigenvalue weighted by Crippen LogP contribution is 2.32. The number of hydrogen-bond acceptors (Lipinski definition) is 5. The lowest BCUT2D eigenvalue weighted by atomic mass is 9.94. The van der Waals surface area contributed by atoms with E-state index in [1.54, 1.807) is 80.0 Å². The zero-order valence-corrected chi connectivity index (χ0v) is 23.4. The van der Waals surface area contributed by atoms with E-state index in [1.165, 1.54) is 4.90 Å². The number of ether oxygens (including phenoxy) is 1. The van der Waals surface area contributed by atoms with Crippen LogP contribution in [-0.4, -0.2) is 35.9 Å². The van der Waals surface area contributed by atoms with E-state index in [0.29, 0.717) is 34.3 Å². The number of carbonyl (C=O) groups excluding carboxylic acids is 3. The van der Waals surface area contributed by atoms with Crippen molar-refractivity contribution in [3.8, 4) is 5.75 Å². The minimum Gasteiger partial charge on any atom is -0.497 e. The molecule has 1 atom stereocenters. The predicted molar refractivity (Wildman–Crippen MR) is 156 cm³/mol. The molecule has 0 aliphatic heterocycles. The van der Waals surface area contributed by atoms with Gasteiger partial charge in [0.15, 0.2) is 0 Å². The quantitative estimate of drug-likeness (QED) is 0.295. The SMILES string of the molecule is COc1ccc(N(C(=O)CCCC(=O)Nc2ccccn2)C(C(=O)NC2CCCCC2)c2ccc(Cl)cc2)cc1. The number of anilines is 2. The van der Waals surface area contributed by atoms with Crippen molar-refractivity contribution in [1.29, 1.82) is 0 Å². The highest BCUT2D eigenvalue weighted by Gasteiger charge is 2.34. The molecule has 2 aromatic carbocycles. The van der Waals surface area contributed by atoms with Crippen LogP contribution in [0.25, 0.3) is 0 Å². The van der Waals surface area contributed by atoms with E-state index in [0.717, 1.165) is 32.1 Å². The Hall–Kier alpha value is -3.91. The second-order valence-electron chi connectivity index (χ2n) is 9.88. The monoisotopic (exact) mass is 562 g/mol. The van der Waals surface area contributed by atoms with Crippen LogP contribution in [0, 0.1) is 0 Å². The molecule has 3 aromatic rings. The third-order valence-corrected chi connectivity index (χ3v) is 7.24. The van der Waals surface area contributed by atoms with Crippen LogP contribution in [0.1, 0.15) is 63.0 Å². The number of aromatic nitrogens is 1. The first kappa shape index (κ1) is 29.1. The van der Waals surface area contributed by atoms with Gasteiger partial charge in [-0.2, -0.15) is 0 Å².